The molecule has 0 atom stereocenters. The molecule has 0 aliphatic carbocycles. The lowest BCUT2D eigenvalue weighted by molar-refractivity contribution is 1.03. The summed E-state index contributed by atoms with van der Waals surface area (Å²) in [5.74, 6) is 0. The fraction of sp³-hybridized carbons (Fsp3) is 0.179. The first-order valence-corrected chi connectivity index (χ1v) is 10.6. The minimum absolute atomic E-state index is 0.893. The highest BCUT2D eigenvalue weighted by Gasteiger charge is 2.19. The molecule has 1 N–H and O–H groups in total. The largest absolute Gasteiger partial charge is 0.384 e. The van der Waals surface area contributed by atoms with E-state index in [4.69, 9.17) is 0 Å². The van der Waals surface area contributed by atoms with Gasteiger partial charge in [-0.25, -0.2) is 0 Å². The van der Waals surface area contributed by atoms with Gasteiger partial charge in [-0.3, -0.25) is 4.98 Å². The van der Waals surface area contributed by atoms with E-state index < -0.39 is 0 Å². The molecule has 0 fully saturated rings. The average Bonchev–Trinajstić information content (AvgIpc) is 2.98. The van der Waals surface area contributed by atoms with Crippen molar-refractivity contribution in [3.8, 4) is 0 Å². The minimum atomic E-state index is 0.893. The Hall–Kier alpha value is -3.39. The van der Waals surface area contributed by atoms with Gasteiger partial charge in [-0.05, 0) is 70.9 Å². The molecule has 0 saturated heterocycles. The average molecular weight is 393 g/mol. The second-order valence-electron chi connectivity index (χ2n) is 7.72. The third kappa shape index (κ3) is 4.13. The molecule has 0 radical (unpaired) electrons. The van der Waals surface area contributed by atoms with Crippen LogP contribution in [-0.4, -0.2) is 11.5 Å². The van der Waals surface area contributed by atoms with Gasteiger partial charge in [0.05, 0.1) is 0 Å². The first kappa shape index (κ1) is 19.9. The summed E-state index contributed by atoms with van der Waals surface area (Å²) in [6.45, 7) is 9.63. The third-order valence-corrected chi connectivity index (χ3v) is 5.75. The Labute approximate surface area is 179 Å². The first-order chi connectivity index (χ1) is 14.7. The molecular formula is C28H28N2. The van der Waals surface area contributed by atoms with Crippen LogP contribution in [0.25, 0.3) is 11.6 Å². The molecular weight excluding hydrogens is 364 g/mol. The number of aryl methyl sites for hydroxylation is 2. The van der Waals surface area contributed by atoms with Gasteiger partial charge in [-0.1, -0.05) is 68.1 Å². The van der Waals surface area contributed by atoms with Crippen LogP contribution in [0.1, 0.15) is 41.2 Å². The van der Waals surface area contributed by atoms with Gasteiger partial charge in [0, 0.05) is 30.2 Å². The molecule has 3 aromatic rings. The maximum Gasteiger partial charge on any atom is 0.0420 e. The fourth-order valence-electron chi connectivity index (χ4n) is 3.99. The van der Waals surface area contributed by atoms with Crippen LogP contribution in [0.2, 0.25) is 0 Å². The molecule has 0 amide bonds. The lowest BCUT2D eigenvalue weighted by Gasteiger charge is -2.16. The van der Waals surface area contributed by atoms with Crippen molar-refractivity contribution in [2.75, 3.05) is 11.9 Å². The molecule has 0 saturated carbocycles. The number of para-hydroxylation sites is 1. The van der Waals surface area contributed by atoms with Crippen LogP contribution in [0.15, 0.2) is 90.8 Å². The van der Waals surface area contributed by atoms with Crippen molar-refractivity contribution in [2.45, 2.75) is 26.7 Å². The normalized spacial score (nSPS) is 13.7. The second-order valence-corrected chi connectivity index (χ2v) is 7.72. The molecule has 1 aliphatic rings. The Balaban J connectivity index is 1.82. The highest BCUT2D eigenvalue weighted by Crippen LogP contribution is 2.38. The van der Waals surface area contributed by atoms with Crippen molar-refractivity contribution in [3.05, 3.63) is 119 Å². The highest BCUT2D eigenvalue weighted by molar-refractivity contribution is 5.91. The summed E-state index contributed by atoms with van der Waals surface area (Å²) in [5, 5.41) is 3.60. The molecule has 2 heteroatoms. The zero-order valence-corrected chi connectivity index (χ0v) is 17.8. The van der Waals surface area contributed by atoms with Crippen molar-refractivity contribution in [1.29, 1.82) is 0 Å². The van der Waals surface area contributed by atoms with E-state index in [1.165, 1.54) is 44.7 Å². The number of nitrogens with zero attached hydrogens (tertiary/aromatic N) is 1. The number of anilines is 1. The lowest BCUT2D eigenvalue weighted by Crippen LogP contribution is -2.01. The van der Waals surface area contributed by atoms with Crippen molar-refractivity contribution >= 4 is 17.3 Å². The summed E-state index contributed by atoms with van der Waals surface area (Å²) >= 11 is 0. The number of fused-ring (bicyclic) bond motifs is 1. The number of pyridine rings is 1. The van der Waals surface area contributed by atoms with E-state index in [1.807, 2.05) is 18.5 Å². The highest BCUT2D eigenvalue weighted by atomic mass is 14.9. The number of allylic oxidation sites excluding steroid dienone is 2. The van der Waals surface area contributed by atoms with Crippen LogP contribution in [0.5, 0.6) is 0 Å². The van der Waals surface area contributed by atoms with Gasteiger partial charge >= 0.3 is 0 Å². The maximum absolute atomic E-state index is 4.46. The van der Waals surface area contributed by atoms with Gasteiger partial charge in [0.1, 0.15) is 0 Å². The molecule has 0 bridgehead atoms. The smallest absolute Gasteiger partial charge is 0.0420 e. The summed E-state index contributed by atoms with van der Waals surface area (Å²) in [7, 11) is 0. The number of rotatable bonds is 5. The van der Waals surface area contributed by atoms with Crippen molar-refractivity contribution in [1.82, 2.24) is 4.98 Å². The van der Waals surface area contributed by atoms with E-state index in [9.17, 15) is 0 Å². The van der Waals surface area contributed by atoms with E-state index in [0.717, 1.165) is 25.0 Å². The predicted octanol–water partition coefficient (Wildman–Crippen LogP) is 6.84. The number of hydrogen-bond donors (Lipinski definition) is 1. The van der Waals surface area contributed by atoms with Gasteiger partial charge in [0.25, 0.3) is 0 Å². The molecule has 150 valence electrons. The summed E-state index contributed by atoms with van der Waals surface area (Å²) in [6, 6.07) is 19.6. The molecule has 2 aromatic carbocycles. The Morgan fingerprint density at radius 3 is 2.67 bits per heavy atom. The molecule has 1 aliphatic heterocycles. The van der Waals surface area contributed by atoms with Crippen molar-refractivity contribution in [3.63, 3.8) is 0 Å². The number of hydrogen-bond acceptors (Lipinski definition) is 2. The molecule has 2 nitrogen and oxygen atoms in total. The Kier molecular flexibility index (Phi) is 5.94. The standard InChI is InChI=1S/C28H28N2/c1-4-22-10-13-24(14-11-22)28-25(16-18-30-27-8-6-5-7-26(27)28)20(2)9-12-23-15-17-29-19-21(23)3/h5-15,17,19,30H,2,4,16,18H2,1,3H3/b12-9+. The van der Waals surface area contributed by atoms with E-state index in [1.54, 1.807) is 0 Å². The van der Waals surface area contributed by atoms with Crippen molar-refractivity contribution < 1.29 is 0 Å². The first-order valence-electron chi connectivity index (χ1n) is 10.6. The third-order valence-electron chi connectivity index (χ3n) is 5.75. The van der Waals surface area contributed by atoms with Crippen molar-refractivity contribution in [2.24, 2.45) is 0 Å². The molecule has 0 unspecified atom stereocenters. The zero-order valence-electron chi connectivity index (χ0n) is 17.8. The minimum Gasteiger partial charge on any atom is -0.384 e. The summed E-state index contributed by atoms with van der Waals surface area (Å²) in [4.78, 5) is 4.19. The van der Waals surface area contributed by atoms with Crippen LogP contribution in [0, 0.1) is 6.92 Å². The van der Waals surface area contributed by atoms with Crippen LogP contribution in [0.4, 0.5) is 5.69 Å². The lowest BCUT2D eigenvalue weighted by atomic mass is 9.87. The Bertz CT molecular complexity index is 1120. The van der Waals surface area contributed by atoms with Crippen LogP contribution >= 0.6 is 0 Å². The zero-order chi connectivity index (χ0) is 20.9. The fourth-order valence-corrected chi connectivity index (χ4v) is 3.99. The topological polar surface area (TPSA) is 24.9 Å². The monoisotopic (exact) mass is 392 g/mol. The number of aromatic nitrogens is 1. The van der Waals surface area contributed by atoms with Crippen LogP contribution in [0.3, 0.4) is 0 Å². The number of nitrogens with one attached hydrogen (secondary N) is 1. The SMILES string of the molecule is C=C(/C=C/c1ccncc1C)C1=C(c2ccc(CC)cc2)c2ccccc2NCC1. The van der Waals surface area contributed by atoms with E-state index >= 15 is 0 Å². The van der Waals surface area contributed by atoms with E-state index in [-0.39, 0.29) is 0 Å². The Morgan fingerprint density at radius 2 is 1.90 bits per heavy atom. The quantitative estimate of drug-likeness (QED) is 0.481. The maximum atomic E-state index is 4.46. The van der Waals surface area contributed by atoms with Gasteiger partial charge in [-0.15, -0.1) is 0 Å². The van der Waals surface area contributed by atoms with E-state index in [0.29, 0.717) is 0 Å². The van der Waals surface area contributed by atoms with Gasteiger partial charge in [0.2, 0.25) is 0 Å². The predicted molar refractivity (Wildman–Crippen MR) is 129 cm³/mol. The molecule has 30 heavy (non-hydrogen) atoms. The molecule has 0 spiro atoms. The Morgan fingerprint density at radius 1 is 1.10 bits per heavy atom. The van der Waals surface area contributed by atoms with Gasteiger partial charge in [-0.2, -0.15) is 0 Å². The molecule has 1 aromatic heterocycles. The van der Waals surface area contributed by atoms with Crippen LogP contribution < -0.4 is 5.32 Å². The number of benzene rings is 2. The summed E-state index contributed by atoms with van der Waals surface area (Å²) in [5.41, 5.74) is 11.0. The van der Waals surface area contributed by atoms with E-state index in [2.05, 4.69) is 91.4 Å². The molecule has 2 heterocycles. The van der Waals surface area contributed by atoms with Gasteiger partial charge in [0.15, 0.2) is 0 Å². The van der Waals surface area contributed by atoms with Gasteiger partial charge < -0.3 is 5.32 Å². The summed E-state index contributed by atoms with van der Waals surface area (Å²) < 4.78 is 0. The second kappa shape index (κ2) is 8.96. The summed E-state index contributed by atoms with van der Waals surface area (Å²) in [6.07, 6.45) is 10.00. The molecule has 4 rings (SSSR count). The van der Waals surface area contributed by atoms with Crippen LogP contribution in [-0.2, 0) is 6.42 Å².